The van der Waals surface area contributed by atoms with Crippen molar-refractivity contribution in [1.82, 2.24) is 24.6 Å². The molecule has 0 saturated carbocycles. The smallest absolute Gasteiger partial charge is 0.158 e. The van der Waals surface area contributed by atoms with E-state index in [1.165, 1.54) is 5.56 Å². The lowest BCUT2D eigenvalue weighted by molar-refractivity contribution is 0.260. The van der Waals surface area contributed by atoms with Gasteiger partial charge in [0.2, 0.25) is 0 Å². The lowest BCUT2D eigenvalue weighted by Crippen LogP contribution is -2.47. The molecular formula is C20H24N6. The molecule has 6 nitrogen and oxygen atoms in total. The van der Waals surface area contributed by atoms with E-state index in [1.54, 1.807) is 11.0 Å². The van der Waals surface area contributed by atoms with Crippen molar-refractivity contribution in [3.8, 4) is 5.82 Å². The van der Waals surface area contributed by atoms with E-state index in [9.17, 15) is 0 Å². The van der Waals surface area contributed by atoms with Crippen LogP contribution in [0.5, 0.6) is 0 Å². The number of benzene rings is 1. The van der Waals surface area contributed by atoms with Gasteiger partial charge in [-0.25, -0.2) is 14.6 Å². The zero-order valence-corrected chi connectivity index (χ0v) is 15.1. The molecule has 1 fully saturated rings. The monoisotopic (exact) mass is 348 g/mol. The Balaban J connectivity index is 1.34. The second-order valence-electron chi connectivity index (χ2n) is 6.76. The van der Waals surface area contributed by atoms with Crippen LogP contribution in [0.4, 0.5) is 5.82 Å². The van der Waals surface area contributed by atoms with Crippen molar-refractivity contribution < 1.29 is 0 Å². The minimum absolute atomic E-state index is 0.814. The fourth-order valence-corrected chi connectivity index (χ4v) is 3.31. The van der Waals surface area contributed by atoms with Gasteiger partial charge < -0.3 is 4.90 Å². The van der Waals surface area contributed by atoms with Crippen LogP contribution in [0.1, 0.15) is 11.1 Å². The number of aromatic nitrogens is 4. The van der Waals surface area contributed by atoms with Crippen LogP contribution in [0.3, 0.4) is 0 Å². The Hall–Kier alpha value is -2.73. The zero-order valence-electron chi connectivity index (χ0n) is 15.1. The summed E-state index contributed by atoms with van der Waals surface area (Å²) < 4.78 is 1.80. The average molecular weight is 348 g/mol. The minimum atomic E-state index is 0.814. The van der Waals surface area contributed by atoms with Crippen LogP contribution >= 0.6 is 0 Å². The third-order valence-electron chi connectivity index (χ3n) is 4.84. The van der Waals surface area contributed by atoms with Crippen molar-refractivity contribution in [2.75, 3.05) is 37.6 Å². The van der Waals surface area contributed by atoms with Gasteiger partial charge in [-0.05, 0) is 24.5 Å². The van der Waals surface area contributed by atoms with Crippen molar-refractivity contribution >= 4 is 5.82 Å². The number of rotatable bonds is 5. The molecule has 0 atom stereocenters. The molecule has 0 radical (unpaired) electrons. The summed E-state index contributed by atoms with van der Waals surface area (Å²) in [5.74, 6) is 1.79. The Kier molecular flexibility index (Phi) is 4.93. The van der Waals surface area contributed by atoms with Crippen LogP contribution < -0.4 is 4.90 Å². The first-order chi connectivity index (χ1) is 12.8. The van der Waals surface area contributed by atoms with Crippen molar-refractivity contribution in [3.63, 3.8) is 0 Å². The van der Waals surface area contributed by atoms with Gasteiger partial charge in [0.05, 0.1) is 6.20 Å². The number of nitrogens with zero attached hydrogens (tertiary/aromatic N) is 6. The molecule has 3 aromatic rings. The number of hydrogen-bond donors (Lipinski definition) is 0. The summed E-state index contributed by atoms with van der Waals surface area (Å²) in [5.41, 5.74) is 2.53. The maximum atomic E-state index is 4.47. The van der Waals surface area contributed by atoms with Gasteiger partial charge in [-0.3, -0.25) is 4.90 Å². The summed E-state index contributed by atoms with van der Waals surface area (Å²) in [5, 5.41) is 4.34. The molecule has 2 aromatic heterocycles. The molecule has 1 aromatic carbocycles. The topological polar surface area (TPSA) is 50.1 Å². The molecule has 4 rings (SSSR count). The maximum absolute atomic E-state index is 4.47. The van der Waals surface area contributed by atoms with Crippen LogP contribution in [-0.2, 0) is 6.42 Å². The average Bonchev–Trinajstić information content (AvgIpc) is 3.14. The van der Waals surface area contributed by atoms with Crippen LogP contribution in [-0.4, -0.2) is 57.4 Å². The van der Waals surface area contributed by atoms with Gasteiger partial charge in [0.15, 0.2) is 5.82 Å². The quantitative estimate of drug-likeness (QED) is 0.708. The van der Waals surface area contributed by atoms with Gasteiger partial charge >= 0.3 is 0 Å². The lowest BCUT2D eigenvalue weighted by atomic mass is 10.1. The molecule has 0 unspecified atom stereocenters. The molecule has 6 heteroatoms. The van der Waals surface area contributed by atoms with Gasteiger partial charge in [0.1, 0.15) is 12.1 Å². The predicted octanol–water partition coefficient (Wildman–Crippen LogP) is 2.34. The van der Waals surface area contributed by atoms with Crippen LogP contribution in [0.15, 0.2) is 55.1 Å². The third-order valence-corrected chi connectivity index (χ3v) is 4.84. The second-order valence-corrected chi connectivity index (χ2v) is 6.76. The van der Waals surface area contributed by atoms with Crippen molar-refractivity contribution in [2.24, 2.45) is 0 Å². The highest BCUT2D eigenvalue weighted by Crippen LogP contribution is 2.16. The molecule has 1 aliphatic heterocycles. The van der Waals surface area contributed by atoms with E-state index >= 15 is 0 Å². The number of anilines is 1. The highest BCUT2D eigenvalue weighted by molar-refractivity contribution is 5.43. The molecule has 3 heterocycles. The molecule has 0 spiro atoms. The molecule has 0 bridgehead atoms. The normalized spacial score (nSPS) is 15.3. The van der Waals surface area contributed by atoms with E-state index < -0.39 is 0 Å². The molecular weight excluding hydrogens is 324 g/mol. The van der Waals surface area contributed by atoms with Gasteiger partial charge in [0.25, 0.3) is 0 Å². The number of aryl methyl sites for hydroxylation is 1. The molecule has 0 aliphatic carbocycles. The Morgan fingerprint density at radius 2 is 1.73 bits per heavy atom. The Morgan fingerprint density at radius 3 is 2.46 bits per heavy atom. The molecule has 1 aliphatic rings. The minimum Gasteiger partial charge on any atom is -0.354 e. The predicted molar refractivity (Wildman–Crippen MR) is 103 cm³/mol. The first kappa shape index (κ1) is 16.7. The second kappa shape index (κ2) is 7.66. The SMILES string of the molecule is Cc1cnn(-c2cc(N3CCN(CCc4ccccc4)CC3)ncn2)c1. The Bertz CT molecular complexity index is 836. The third kappa shape index (κ3) is 3.91. The highest BCUT2D eigenvalue weighted by Gasteiger charge is 2.18. The summed E-state index contributed by atoms with van der Waals surface area (Å²) >= 11 is 0. The Labute approximate surface area is 154 Å². The molecule has 26 heavy (non-hydrogen) atoms. The van der Waals surface area contributed by atoms with Crippen molar-refractivity contribution in [3.05, 3.63) is 66.2 Å². The summed E-state index contributed by atoms with van der Waals surface area (Å²) in [6.07, 6.45) is 6.56. The molecule has 134 valence electrons. The van der Waals surface area contributed by atoms with Crippen LogP contribution in [0.2, 0.25) is 0 Å². The van der Waals surface area contributed by atoms with E-state index in [4.69, 9.17) is 0 Å². The summed E-state index contributed by atoms with van der Waals surface area (Å²) in [7, 11) is 0. The van der Waals surface area contributed by atoms with E-state index in [1.807, 2.05) is 25.4 Å². The fourth-order valence-electron chi connectivity index (χ4n) is 3.31. The van der Waals surface area contributed by atoms with E-state index in [-0.39, 0.29) is 0 Å². The van der Waals surface area contributed by atoms with Crippen molar-refractivity contribution in [2.45, 2.75) is 13.3 Å². The van der Waals surface area contributed by atoms with Crippen LogP contribution in [0.25, 0.3) is 5.82 Å². The lowest BCUT2D eigenvalue weighted by Gasteiger charge is -2.35. The first-order valence-corrected chi connectivity index (χ1v) is 9.13. The van der Waals surface area contributed by atoms with Gasteiger partial charge in [-0.1, -0.05) is 30.3 Å². The highest BCUT2D eigenvalue weighted by atomic mass is 15.3. The molecule has 0 amide bonds. The van der Waals surface area contributed by atoms with E-state index in [2.05, 4.69) is 55.2 Å². The standard InChI is InChI=1S/C20H24N6/c1-17-14-23-26(15-17)20-13-19(21-16-22-20)25-11-9-24(10-12-25)8-7-18-5-3-2-4-6-18/h2-6,13-16H,7-12H2,1H3. The Morgan fingerprint density at radius 1 is 0.962 bits per heavy atom. The summed E-state index contributed by atoms with van der Waals surface area (Å²) in [6.45, 7) is 7.24. The van der Waals surface area contributed by atoms with E-state index in [0.29, 0.717) is 0 Å². The molecule has 0 N–H and O–H groups in total. The van der Waals surface area contributed by atoms with Gasteiger partial charge in [0, 0.05) is 45.0 Å². The maximum Gasteiger partial charge on any atom is 0.158 e. The van der Waals surface area contributed by atoms with Gasteiger partial charge in [-0.2, -0.15) is 5.10 Å². The first-order valence-electron chi connectivity index (χ1n) is 9.13. The molecule has 1 saturated heterocycles. The largest absolute Gasteiger partial charge is 0.354 e. The van der Waals surface area contributed by atoms with Crippen molar-refractivity contribution in [1.29, 1.82) is 0 Å². The zero-order chi connectivity index (χ0) is 17.8. The number of hydrogen-bond acceptors (Lipinski definition) is 5. The van der Waals surface area contributed by atoms with E-state index in [0.717, 1.165) is 56.3 Å². The summed E-state index contributed by atoms with van der Waals surface area (Å²) in [6, 6.07) is 12.7. The summed E-state index contributed by atoms with van der Waals surface area (Å²) in [4.78, 5) is 13.7. The van der Waals surface area contributed by atoms with Gasteiger partial charge in [-0.15, -0.1) is 0 Å². The van der Waals surface area contributed by atoms with Crippen LogP contribution in [0, 0.1) is 6.92 Å². The fraction of sp³-hybridized carbons (Fsp3) is 0.350. The number of piperazine rings is 1.